The summed E-state index contributed by atoms with van der Waals surface area (Å²) < 4.78 is 5.75. The lowest BCUT2D eigenvalue weighted by atomic mass is 10.0. The fraction of sp³-hybridized carbons (Fsp3) is 0.261. The van der Waals surface area contributed by atoms with Crippen LogP contribution in [-0.2, 0) is 11.2 Å². The van der Waals surface area contributed by atoms with Gasteiger partial charge in [-0.3, -0.25) is 4.79 Å². The van der Waals surface area contributed by atoms with Crippen LogP contribution < -0.4 is 0 Å². The molecule has 1 atom stereocenters. The summed E-state index contributed by atoms with van der Waals surface area (Å²) in [6.45, 7) is 3.49. The Bertz CT molecular complexity index is 1210. The van der Waals surface area contributed by atoms with E-state index in [0.717, 1.165) is 16.8 Å². The number of carbonyl (C=O) groups is 1. The highest BCUT2D eigenvalue weighted by Crippen LogP contribution is 2.23. The third kappa shape index (κ3) is 3.90. The molecule has 4 aromatic rings. The largest absolute Gasteiger partial charge is 0.377 e. The Kier molecular flexibility index (Phi) is 5.47. The molecule has 0 saturated carbocycles. The van der Waals surface area contributed by atoms with E-state index in [2.05, 4.69) is 26.5 Å². The van der Waals surface area contributed by atoms with E-state index in [1.165, 1.54) is 4.80 Å². The fourth-order valence-electron chi connectivity index (χ4n) is 4.10. The Hall–Kier alpha value is -3.85. The number of nitrogens with zero attached hydrogens (tertiary/aromatic N) is 7. The zero-order valence-electron chi connectivity index (χ0n) is 17.7. The van der Waals surface area contributed by atoms with Gasteiger partial charge in [-0.25, -0.2) is 0 Å². The summed E-state index contributed by atoms with van der Waals surface area (Å²) in [5.41, 5.74) is 4.21. The van der Waals surface area contributed by atoms with Crippen molar-refractivity contribution in [3.8, 4) is 11.4 Å². The number of morpholine rings is 1. The molecular weight excluding hydrogens is 406 g/mol. The Morgan fingerprint density at radius 1 is 1.00 bits per heavy atom. The molecule has 0 aliphatic carbocycles. The monoisotopic (exact) mass is 429 g/mol. The predicted molar refractivity (Wildman–Crippen MR) is 117 cm³/mol. The molecule has 32 heavy (non-hydrogen) atoms. The quantitative estimate of drug-likeness (QED) is 0.483. The van der Waals surface area contributed by atoms with Crippen molar-refractivity contribution in [2.45, 2.75) is 19.4 Å². The molecule has 1 unspecified atom stereocenters. The first kappa shape index (κ1) is 20.1. The zero-order chi connectivity index (χ0) is 21.9. The second-order valence-electron chi connectivity index (χ2n) is 7.71. The fourth-order valence-corrected chi connectivity index (χ4v) is 4.10. The van der Waals surface area contributed by atoms with E-state index in [9.17, 15) is 4.79 Å². The summed E-state index contributed by atoms with van der Waals surface area (Å²) in [7, 11) is 0. The van der Waals surface area contributed by atoms with Crippen LogP contribution in [0.1, 0.15) is 21.5 Å². The van der Waals surface area contributed by atoms with E-state index >= 15 is 0 Å². The first-order valence-corrected chi connectivity index (χ1v) is 10.5. The number of ether oxygens (including phenoxy) is 1. The molecule has 1 aliphatic heterocycles. The van der Waals surface area contributed by atoms with Gasteiger partial charge in [0, 0.05) is 6.54 Å². The second-order valence-corrected chi connectivity index (χ2v) is 7.71. The molecule has 3 heterocycles. The van der Waals surface area contributed by atoms with Gasteiger partial charge in [0.25, 0.3) is 5.91 Å². The van der Waals surface area contributed by atoms with E-state index in [-0.39, 0.29) is 11.9 Å². The highest BCUT2D eigenvalue weighted by Gasteiger charge is 2.30. The molecule has 0 bridgehead atoms. The van der Waals surface area contributed by atoms with Gasteiger partial charge >= 0.3 is 0 Å². The topological polar surface area (TPSA) is 91.0 Å². The number of para-hydroxylation sites is 1. The van der Waals surface area contributed by atoms with Gasteiger partial charge in [0.15, 0.2) is 0 Å². The van der Waals surface area contributed by atoms with Crippen molar-refractivity contribution in [3.05, 3.63) is 83.9 Å². The van der Waals surface area contributed by atoms with Crippen LogP contribution >= 0.6 is 0 Å². The maximum atomic E-state index is 13.7. The van der Waals surface area contributed by atoms with Crippen LogP contribution in [0.4, 0.5) is 0 Å². The molecule has 0 spiro atoms. The molecule has 1 saturated heterocycles. The molecule has 0 radical (unpaired) electrons. The summed E-state index contributed by atoms with van der Waals surface area (Å²) >= 11 is 0. The SMILES string of the molecule is Cc1cccc(C(=O)N2CCOCC2Cc2cccc(-n3nccn3)c2)c1-n1nccn1. The number of hydrogen-bond acceptors (Lipinski definition) is 6. The maximum Gasteiger partial charge on any atom is 0.256 e. The smallest absolute Gasteiger partial charge is 0.256 e. The van der Waals surface area contributed by atoms with E-state index in [1.807, 2.05) is 48.2 Å². The lowest BCUT2D eigenvalue weighted by molar-refractivity contribution is -0.00165. The number of rotatable bonds is 5. The van der Waals surface area contributed by atoms with Crippen LogP contribution in [-0.4, -0.2) is 66.6 Å². The molecule has 1 aliphatic rings. The van der Waals surface area contributed by atoms with Crippen LogP contribution in [0.15, 0.2) is 67.3 Å². The van der Waals surface area contributed by atoms with Gasteiger partial charge in [-0.15, -0.1) is 0 Å². The van der Waals surface area contributed by atoms with Crippen molar-refractivity contribution in [1.29, 1.82) is 0 Å². The van der Waals surface area contributed by atoms with E-state index in [0.29, 0.717) is 37.4 Å². The Morgan fingerprint density at radius 2 is 1.72 bits per heavy atom. The van der Waals surface area contributed by atoms with Crippen molar-refractivity contribution in [3.63, 3.8) is 0 Å². The van der Waals surface area contributed by atoms with Gasteiger partial charge in [0.2, 0.25) is 0 Å². The van der Waals surface area contributed by atoms with Crippen LogP contribution in [0.25, 0.3) is 11.4 Å². The van der Waals surface area contributed by atoms with Crippen LogP contribution in [0.5, 0.6) is 0 Å². The third-order valence-corrected chi connectivity index (χ3v) is 5.61. The van der Waals surface area contributed by atoms with Crippen molar-refractivity contribution in [2.75, 3.05) is 19.8 Å². The van der Waals surface area contributed by atoms with Crippen LogP contribution in [0, 0.1) is 6.92 Å². The summed E-state index contributed by atoms with van der Waals surface area (Å²) in [5.74, 6) is -0.0424. The number of benzene rings is 2. The van der Waals surface area contributed by atoms with E-state index < -0.39 is 0 Å². The summed E-state index contributed by atoms with van der Waals surface area (Å²) in [4.78, 5) is 18.7. The van der Waals surface area contributed by atoms with Crippen LogP contribution in [0.2, 0.25) is 0 Å². The Morgan fingerprint density at radius 3 is 2.50 bits per heavy atom. The summed E-state index contributed by atoms with van der Waals surface area (Å²) in [6, 6.07) is 13.6. The molecule has 9 heteroatoms. The third-order valence-electron chi connectivity index (χ3n) is 5.61. The number of aryl methyl sites for hydroxylation is 1. The highest BCUT2D eigenvalue weighted by atomic mass is 16.5. The normalized spacial score (nSPS) is 16.3. The van der Waals surface area contributed by atoms with E-state index in [4.69, 9.17) is 4.74 Å². The zero-order valence-corrected chi connectivity index (χ0v) is 17.7. The van der Waals surface area contributed by atoms with Crippen molar-refractivity contribution >= 4 is 5.91 Å². The highest BCUT2D eigenvalue weighted by molar-refractivity contribution is 5.98. The number of hydrogen-bond donors (Lipinski definition) is 0. The second kappa shape index (κ2) is 8.72. The van der Waals surface area contributed by atoms with Gasteiger partial charge in [0.05, 0.1) is 55.3 Å². The number of carbonyl (C=O) groups excluding carboxylic acids is 1. The Labute approximate surface area is 185 Å². The lowest BCUT2D eigenvalue weighted by Gasteiger charge is -2.36. The van der Waals surface area contributed by atoms with Crippen molar-refractivity contribution < 1.29 is 9.53 Å². The van der Waals surface area contributed by atoms with Gasteiger partial charge in [-0.1, -0.05) is 24.3 Å². The number of aromatic nitrogens is 6. The van der Waals surface area contributed by atoms with Crippen LogP contribution in [0.3, 0.4) is 0 Å². The minimum absolute atomic E-state index is 0.0424. The lowest BCUT2D eigenvalue weighted by Crippen LogP contribution is -2.50. The summed E-state index contributed by atoms with van der Waals surface area (Å²) in [6.07, 6.45) is 7.19. The Balaban J connectivity index is 1.43. The average molecular weight is 429 g/mol. The van der Waals surface area contributed by atoms with Gasteiger partial charge < -0.3 is 9.64 Å². The van der Waals surface area contributed by atoms with Crippen molar-refractivity contribution in [1.82, 2.24) is 34.9 Å². The molecule has 162 valence electrons. The first-order valence-electron chi connectivity index (χ1n) is 10.5. The molecule has 0 N–H and O–H groups in total. The molecule has 2 aromatic carbocycles. The molecule has 2 aromatic heterocycles. The molecule has 1 fully saturated rings. The average Bonchev–Trinajstić information content (AvgIpc) is 3.54. The van der Waals surface area contributed by atoms with Gasteiger partial charge in [-0.2, -0.15) is 30.0 Å². The van der Waals surface area contributed by atoms with E-state index in [1.54, 1.807) is 29.6 Å². The van der Waals surface area contributed by atoms with Gasteiger partial charge in [-0.05, 0) is 42.7 Å². The van der Waals surface area contributed by atoms with Gasteiger partial charge in [0.1, 0.15) is 5.69 Å². The maximum absolute atomic E-state index is 13.7. The predicted octanol–water partition coefficient (Wildman–Crippen LogP) is 2.24. The minimum atomic E-state index is -0.0870. The molecular formula is C23H23N7O2. The molecule has 5 rings (SSSR count). The molecule has 9 nitrogen and oxygen atoms in total. The first-order chi connectivity index (χ1) is 15.7. The minimum Gasteiger partial charge on any atom is -0.377 e. The molecule has 1 amide bonds. The standard InChI is InChI=1S/C23H23N7O2/c1-17-4-2-7-21(22(17)30-26-10-11-27-30)23(31)28-12-13-32-16-20(28)15-18-5-3-6-19(14-18)29-24-8-9-25-29/h2-11,14,20H,12-13,15-16H2,1H3. The number of amides is 1. The van der Waals surface area contributed by atoms with Crippen molar-refractivity contribution in [2.24, 2.45) is 0 Å². The summed E-state index contributed by atoms with van der Waals surface area (Å²) in [5, 5.41) is 16.9.